The Morgan fingerprint density at radius 1 is 0.778 bits per heavy atom. The zero-order chi connectivity index (χ0) is 18.4. The molecule has 2 nitrogen and oxygen atoms in total. The summed E-state index contributed by atoms with van der Waals surface area (Å²) < 4.78 is 6.38. The number of fused-ring (bicyclic) bond motifs is 3. The number of hydrogen-bond acceptors (Lipinski definition) is 2. The summed E-state index contributed by atoms with van der Waals surface area (Å²) >= 11 is 0. The predicted octanol–water partition coefficient (Wildman–Crippen LogP) is 6.93. The largest absolute Gasteiger partial charge is 0.455 e. The van der Waals surface area contributed by atoms with Crippen molar-refractivity contribution in [1.29, 1.82) is 0 Å². The van der Waals surface area contributed by atoms with Crippen molar-refractivity contribution in [2.75, 3.05) is 0 Å². The molecule has 0 bridgehead atoms. The Morgan fingerprint density at radius 2 is 1.63 bits per heavy atom. The smallest absolute Gasteiger partial charge is 0.144 e. The first-order valence-electron chi connectivity index (χ1n) is 9.15. The van der Waals surface area contributed by atoms with E-state index in [-0.39, 0.29) is 0 Å². The number of aromatic nitrogens is 1. The van der Waals surface area contributed by atoms with Crippen LogP contribution in [0, 0.1) is 13.8 Å². The van der Waals surface area contributed by atoms with Gasteiger partial charge in [0.2, 0.25) is 0 Å². The van der Waals surface area contributed by atoms with Gasteiger partial charge in [0.05, 0.1) is 5.69 Å². The minimum atomic E-state index is 0.902. The second-order valence-electron chi connectivity index (χ2n) is 7.04. The minimum Gasteiger partial charge on any atom is -0.455 e. The number of rotatable bonds is 2. The summed E-state index contributed by atoms with van der Waals surface area (Å²) in [6.07, 6.45) is 1.85. The van der Waals surface area contributed by atoms with Crippen LogP contribution in [0.5, 0.6) is 0 Å². The van der Waals surface area contributed by atoms with Crippen molar-refractivity contribution < 1.29 is 4.42 Å². The number of aryl methyl sites for hydroxylation is 2. The van der Waals surface area contributed by atoms with Crippen molar-refractivity contribution in [1.82, 2.24) is 4.98 Å². The van der Waals surface area contributed by atoms with Crippen LogP contribution in [0.3, 0.4) is 0 Å². The van der Waals surface area contributed by atoms with Gasteiger partial charge in [-0.15, -0.1) is 0 Å². The Hall–Kier alpha value is -3.39. The maximum absolute atomic E-state index is 6.38. The molecule has 0 atom stereocenters. The Kier molecular flexibility index (Phi) is 3.58. The van der Waals surface area contributed by atoms with Crippen LogP contribution < -0.4 is 0 Å². The first-order valence-corrected chi connectivity index (χ1v) is 9.15. The third kappa shape index (κ3) is 2.61. The van der Waals surface area contributed by atoms with Gasteiger partial charge in [-0.25, -0.2) is 0 Å². The second kappa shape index (κ2) is 6.10. The summed E-state index contributed by atoms with van der Waals surface area (Å²) in [5, 5.41) is 2.32. The minimum absolute atomic E-state index is 0.902. The summed E-state index contributed by atoms with van der Waals surface area (Å²) in [5.74, 6) is 0. The van der Waals surface area contributed by atoms with Crippen LogP contribution in [-0.2, 0) is 0 Å². The van der Waals surface area contributed by atoms with Crippen molar-refractivity contribution in [2.45, 2.75) is 13.8 Å². The molecule has 0 N–H and O–H groups in total. The monoisotopic (exact) mass is 349 g/mol. The zero-order valence-electron chi connectivity index (χ0n) is 15.4. The lowest BCUT2D eigenvalue weighted by atomic mass is 9.98. The molecule has 3 aromatic carbocycles. The normalized spacial score (nSPS) is 11.3. The van der Waals surface area contributed by atoms with Crippen LogP contribution in [-0.4, -0.2) is 4.98 Å². The third-order valence-electron chi connectivity index (χ3n) is 5.09. The highest BCUT2D eigenvalue weighted by atomic mass is 16.3. The van der Waals surface area contributed by atoms with Crippen LogP contribution in [0.15, 0.2) is 83.4 Å². The van der Waals surface area contributed by atoms with E-state index >= 15 is 0 Å². The summed E-state index contributed by atoms with van der Waals surface area (Å²) in [6.45, 7) is 4.24. The van der Waals surface area contributed by atoms with E-state index in [0.717, 1.165) is 27.8 Å². The molecule has 2 heteroatoms. The topological polar surface area (TPSA) is 26.0 Å². The van der Waals surface area contributed by atoms with Crippen molar-refractivity contribution in [3.8, 4) is 22.4 Å². The van der Waals surface area contributed by atoms with E-state index in [1.54, 1.807) is 0 Å². The van der Waals surface area contributed by atoms with E-state index in [9.17, 15) is 0 Å². The van der Waals surface area contributed by atoms with Crippen LogP contribution in [0.4, 0.5) is 0 Å². The summed E-state index contributed by atoms with van der Waals surface area (Å²) in [4.78, 5) is 4.56. The summed E-state index contributed by atoms with van der Waals surface area (Å²) in [6, 6.07) is 25.2. The number of benzene rings is 3. The molecule has 2 aromatic heterocycles. The first kappa shape index (κ1) is 15.8. The molecule has 130 valence electrons. The van der Waals surface area contributed by atoms with Gasteiger partial charge in [-0.05, 0) is 60.4 Å². The van der Waals surface area contributed by atoms with E-state index in [1.165, 1.54) is 27.6 Å². The average Bonchev–Trinajstić information content (AvgIpc) is 3.07. The molecule has 0 amide bonds. The highest BCUT2D eigenvalue weighted by Crippen LogP contribution is 2.38. The molecular weight excluding hydrogens is 330 g/mol. The Morgan fingerprint density at radius 3 is 2.44 bits per heavy atom. The van der Waals surface area contributed by atoms with Gasteiger partial charge in [-0.3, -0.25) is 4.98 Å². The van der Waals surface area contributed by atoms with Gasteiger partial charge in [-0.1, -0.05) is 48.5 Å². The van der Waals surface area contributed by atoms with E-state index in [0.29, 0.717) is 0 Å². The highest BCUT2D eigenvalue weighted by Gasteiger charge is 2.15. The van der Waals surface area contributed by atoms with Gasteiger partial charge in [0.1, 0.15) is 11.2 Å². The Bertz CT molecular complexity index is 1280. The lowest BCUT2D eigenvalue weighted by Gasteiger charge is -2.04. The van der Waals surface area contributed by atoms with Crippen LogP contribution in [0.25, 0.3) is 44.3 Å². The number of furan rings is 1. The van der Waals surface area contributed by atoms with Gasteiger partial charge < -0.3 is 4.42 Å². The lowest BCUT2D eigenvalue weighted by Crippen LogP contribution is -1.85. The van der Waals surface area contributed by atoms with E-state index < -0.39 is 0 Å². The van der Waals surface area contributed by atoms with Gasteiger partial charge in [0.15, 0.2) is 0 Å². The number of para-hydroxylation sites is 1. The Labute approximate surface area is 158 Å². The third-order valence-corrected chi connectivity index (χ3v) is 5.09. The molecule has 5 aromatic rings. The number of hydrogen-bond donors (Lipinski definition) is 0. The molecule has 0 saturated carbocycles. The first-order chi connectivity index (χ1) is 13.2. The zero-order valence-corrected chi connectivity index (χ0v) is 15.4. The molecule has 27 heavy (non-hydrogen) atoms. The fourth-order valence-corrected chi connectivity index (χ4v) is 3.82. The molecule has 0 aliphatic rings. The standard InChI is InChI=1S/C25H19NO/c1-16-11-12-26-22(13-16)20-9-6-10-21-24-17(2)14-19(15-23(24)27-25(20)21)18-7-4-3-5-8-18/h3-15H,1-2H3. The van der Waals surface area contributed by atoms with E-state index in [4.69, 9.17) is 4.42 Å². The van der Waals surface area contributed by atoms with Gasteiger partial charge in [0.25, 0.3) is 0 Å². The van der Waals surface area contributed by atoms with Crippen molar-refractivity contribution in [2.24, 2.45) is 0 Å². The fourth-order valence-electron chi connectivity index (χ4n) is 3.82. The van der Waals surface area contributed by atoms with E-state index in [2.05, 4.69) is 79.5 Å². The lowest BCUT2D eigenvalue weighted by molar-refractivity contribution is 0.670. The van der Waals surface area contributed by atoms with Crippen LogP contribution >= 0.6 is 0 Å². The highest BCUT2D eigenvalue weighted by molar-refractivity contribution is 6.11. The maximum Gasteiger partial charge on any atom is 0.144 e. The molecular formula is C25H19NO. The van der Waals surface area contributed by atoms with Crippen molar-refractivity contribution in [3.63, 3.8) is 0 Å². The molecule has 5 rings (SSSR count). The maximum atomic E-state index is 6.38. The molecule has 2 heterocycles. The van der Waals surface area contributed by atoms with Crippen LogP contribution in [0.1, 0.15) is 11.1 Å². The van der Waals surface area contributed by atoms with Crippen molar-refractivity contribution >= 4 is 21.9 Å². The number of pyridine rings is 1. The molecule has 0 aliphatic carbocycles. The fraction of sp³-hybridized carbons (Fsp3) is 0.0800. The molecule has 0 spiro atoms. The molecule has 0 saturated heterocycles. The van der Waals surface area contributed by atoms with Gasteiger partial charge in [-0.2, -0.15) is 0 Å². The summed E-state index contributed by atoms with van der Waals surface area (Å²) in [5.41, 5.74) is 8.59. The van der Waals surface area contributed by atoms with Crippen molar-refractivity contribution in [3.05, 3.63) is 90.1 Å². The van der Waals surface area contributed by atoms with Crippen LogP contribution in [0.2, 0.25) is 0 Å². The second-order valence-corrected chi connectivity index (χ2v) is 7.04. The summed E-state index contributed by atoms with van der Waals surface area (Å²) in [7, 11) is 0. The van der Waals surface area contributed by atoms with E-state index in [1.807, 2.05) is 18.3 Å². The molecule has 0 fully saturated rings. The quantitative estimate of drug-likeness (QED) is 0.345. The Balaban J connectivity index is 1.80. The molecule has 0 unspecified atom stereocenters. The number of nitrogens with zero attached hydrogens (tertiary/aromatic N) is 1. The SMILES string of the molecule is Cc1ccnc(-c2cccc3c2oc2cc(-c4ccccc4)cc(C)c23)c1. The molecule has 0 radical (unpaired) electrons. The molecule has 0 aliphatic heterocycles. The predicted molar refractivity (Wildman–Crippen MR) is 112 cm³/mol. The van der Waals surface area contributed by atoms with Gasteiger partial charge >= 0.3 is 0 Å². The average molecular weight is 349 g/mol. The van der Waals surface area contributed by atoms with Gasteiger partial charge in [0, 0.05) is 22.5 Å².